The normalized spacial score (nSPS) is 15.7. The summed E-state index contributed by atoms with van der Waals surface area (Å²) >= 11 is 0. The van der Waals surface area contributed by atoms with Crippen molar-refractivity contribution >= 4 is 28.2 Å². The molecule has 1 fully saturated rings. The Morgan fingerprint density at radius 1 is 1.17 bits per heavy atom. The van der Waals surface area contributed by atoms with Gasteiger partial charge in [-0.15, -0.1) is 12.4 Å². The van der Waals surface area contributed by atoms with E-state index in [1.54, 1.807) is 0 Å². The van der Waals surface area contributed by atoms with Crippen LogP contribution in [0.25, 0.3) is 0 Å². The molecule has 0 aliphatic carbocycles. The number of hydrogen-bond donors (Lipinski definition) is 2. The van der Waals surface area contributed by atoms with E-state index in [4.69, 9.17) is 0 Å². The average Bonchev–Trinajstić information content (AvgIpc) is 2.53. The van der Waals surface area contributed by atoms with Gasteiger partial charge in [0.25, 0.3) is 0 Å². The molecule has 1 aromatic carbocycles. The highest BCUT2D eigenvalue weighted by atomic mass is 35.5. The smallest absolute Gasteiger partial charge is 0.223 e. The van der Waals surface area contributed by atoms with Crippen molar-refractivity contribution < 1.29 is 13.2 Å². The summed E-state index contributed by atoms with van der Waals surface area (Å²) < 4.78 is 24.1. The van der Waals surface area contributed by atoms with Crippen molar-refractivity contribution in [1.29, 1.82) is 0 Å². The monoisotopic (exact) mass is 360 g/mol. The van der Waals surface area contributed by atoms with E-state index < -0.39 is 9.84 Å². The van der Waals surface area contributed by atoms with Gasteiger partial charge in [0.15, 0.2) is 9.84 Å². The molecule has 1 aliphatic rings. The van der Waals surface area contributed by atoms with Crippen molar-refractivity contribution in [1.82, 2.24) is 10.6 Å². The first kappa shape index (κ1) is 19.9. The van der Waals surface area contributed by atoms with Gasteiger partial charge in [-0.05, 0) is 37.9 Å². The zero-order valence-electron chi connectivity index (χ0n) is 13.2. The fraction of sp³-hybridized carbons (Fsp3) is 0.562. The van der Waals surface area contributed by atoms with Crippen LogP contribution in [0.4, 0.5) is 0 Å². The minimum absolute atomic E-state index is 0. The highest BCUT2D eigenvalue weighted by Gasteiger charge is 2.20. The van der Waals surface area contributed by atoms with Crippen LogP contribution < -0.4 is 10.6 Å². The maximum atomic E-state index is 12.0. The first-order valence-corrected chi connectivity index (χ1v) is 9.62. The van der Waals surface area contributed by atoms with Gasteiger partial charge < -0.3 is 10.6 Å². The number of carbonyl (C=O) groups is 1. The number of halogens is 1. The van der Waals surface area contributed by atoms with Crippen molar-refractivity contribution in [3.05, 3.63) is 35.9 Å². The van der Waals surface area contributed by atoms with Gasteiger partial charge >= 0.3 is 0 Å². The van der Waals surface area contributed by atoms with Crippen molar-refractivity contribution in [2.75, 3.05) is 25.4 Å². The zero-order chi connectivity index (χ0) is 15.8. The Hall–Kier alpha value is -1.11. The molecule has 1 aromatic rings. The van der Waals surface area contributed by atoms with E-state index in [1.807, 2.05) is 30.3 Å². The van der Waals surface area contributed by atoms with Gasteiger partial charge in [-0.3, -0.25) is 4.79 Å². The predicted molar refractivity (Wildman–Crippen MR) is 94.4 cm³/mol. The van der Waals surface area contributed by atoms with Crippen molar-refractivity contribution in [2.24, 2.45) is 5.92 Å². The van der Waals surface area contributed by atoms with Crippen molar-refractivity contribution in [3.8, 4) is 0 Å². The number of benzene rings is 1. The molecule has 0 saturated carbocycles. The molecule has 2 rings (SSSR count). The average molecular weight is 361 g/mol. The van der Waals surface area contributed by atoms with Crippen LogP contribution in [0.2, 0.25) is 0 Å². The second-order valence-electron chi connectivity index (χ2n) is 5.75. The number of carbonyl (C=O) groups excluding carboxylic acids is 1. The molecule has 0 aromatic heterocycles. The predicted octanol–water partition coefficient (Wildman–Crippen LogP) is 1.53. The second-order valence-corrected chi connectivity index (χ2v) is 7.93. The Labute approximate surface area is 144 Å². The Bertz CT molecular complexity index is 572. The third-order valence-corrected chi connectivity index (χ3v) is 5.55. The van der Waals surface area contributed by atoms with Crippen molar-refractivity contribution in [2.45, 2.75) is 25.0 Å². The molecule has 0 unspecified atom stereocenters. The van der Waals surface area contributed by atoms with Crippen LogP contribution in [-0.2, 0) is 20.4 Å². The topological polar surface area (TPSA) is 75.3 Å². The number of sulfone groups is 1. The fourth-order valence-corrected chi connectivity index (χ4v) is 4.06. The van der Waals surface area contributed by atoms with Crippen LogP contribution in [-0.4, -0.2) is 39.7 Å². The van der Waals surface area contributed by atoms with Gasteiger partial charge in [0.1, 0.15) is 0 Å². The van der Waals surface area contributed by atoms with Crippen LogP contribution >= 0.6 is 12.4 Å². The molecule has 0 atom stereocenters. The van der Waals surface area contributed by atoms with E-state index >= 15 is 0 Å². The van der Waals surface area contributed by atoms with Crippen molar-refractivity contribution in [3.63, 3.8) is 0 Å². The van der Waals surface area contributed by atoms with Gasteiger partial charge in [-0.2, -0.15) is 0 Å². The molecule has 1 amide bonds. The lowest BCUT2D eigenvalue weighted by molar-refractivity contribution is -0.125. The summed E-state index contributed by atoms with van der Waals surface area (Å²) in [5.74, 6) is 0.300. The molecular weight excluding hydrogens is 336 g/mol. The molecule has 23 heavy (non-hydrogen) atoms. The molecule has 130 valence electrons. The van der Waals surface area contributed by atoms with Crippen LogP contribution in [0.3, 0.4) is 0 Å². The van der Waals surface area contributed by atoms with Gasteiger partial charge in [0, 0.05) is 12.5 Å². The Morgan fingerprint density at radius 2 is 1.83 bits per heavy atom. The minimum Gasteiger partial charge on any atom is -0.356 e. The Morgan fingerprint density at radius 3 is 2.48 bits per heavy atom. The van der Waals surface area contributed by atoms with E-state index in [1.165, 1.54) is 0 Å². The molecule has 1 heterocycles. The molecule has 1 saturated heterocycles. The lowest BCUT2D eigenvalue weighted by Crippen LogP contribution is -2.38. The number of rotatable bonds is 7. The van der Waals surface area contributed by atoms with Gasteiger partial charge in [0.2, 0.25) is 5.91 Å². The van der Waals surface area contributed by atoms with Gasteiger partial charge in [0.05, 0.1) is 11.5 Å². The first-order chi connectivity index (χ1) is 10.6. The van der Waals surface area contributed by atoms with Gasteiger partial charge in [-0.1, -0.05) is 30.3 Å². The third kappa shape index (κ3) is 7.33. The van der Waals surface area contributed by atoms with Gasteiger partial charge in [-0.25, -0.2) is 8.42 Å². The molecule has 0 radical (unpaired) electrons. The maximum Gasteiger partial charge on any atom is 0.223 e. The summed E-state index contributed by atoms with van der Waals surface area (Å²) in [5.41, 5.74) is 0.807. The first-order valence-electron chi connectivity index (χ1n) is 7.79. The molecule has 1 aliphatic heterocycles. The Balaban J connectivity index is 0.00000264. The number of amides is 1. The van der Waals surface area contributed by atoms with Crippen LogP contribution in [0.5, 0.6) is 0 Å². The second kappa shape index (κ2) is 9.90. The highest BCUT2D eigenvalue weighted by molar-refractivity contribution is 7.90. The molecule has 0 spiro atoms. The van der Waals surface area contributed by atoms with Crippen LogP contribution in [0.1, 0.15) is 24.8 Å². The number of piperidine rings is 1. The van der Waals surface area contributed by atoms with E-state index in [0.717, 1.165) is 31.5 Å². The quantitative estimate of drug-likeness (QED) is 0.723. The largest absolute Gasteiger partial charge is 0.356 e. The van der Waals surface area contributed by atoms with E-state index in [0.29, 0.717) is 13.0 Å². The standard InChI is InChI=1S/C16H24N2O3S.ClH/c19-16(15-7-10-17-11-8-15)18-9-4-12-22(20,21)13-14-5-2-1-3-6-14;/h1-3,5-6,15,17H,4,7-13H2,(H,18,19);1H. The highest BCUT2D eigenvalue weighted by Crippen LogP contribution is 2.11. The minimum atomic E-state index is -3.12. The van der Waals surface area contributed by atoms with Crippen LogP contribution in [0, 0.1) is 5.92 Å². The molecule has 7 heteroatoms. The van der Waals surface area contributed by atoms with Crippen LogP contribution in [0.15, 0.2) is 30.3 Å². The summed E-state index contributed by atoms with van der Waals surface area (Å²) in [6.45, 7) is 2.18. The third-order valence-electron chi connectivity index (χ3n) is 3.87. The van der Waals surface area contributed by atoms with E-state index in [-0.39, 0.29) is 35.7 Å². The molecular formula is C16H25ClN2O3S. The lowest BCUT2D eigenvalue weighted by Gasteiger charge is -2.21. The Kier molecular flexibility index (Phi) is 8.58. The molecule has 5 nitrogen and oxygen atoms in total. The lowest BCUT2D eigenvalue weighted by atomic mass is 9.97. The zero-order valence-corrected chi connectivity index (χ0v) is 14.8. The summed E-state index contributed by atoms with van der Waals surface area (Å²) in [7, 11) is -3.12. The summed E-state index contributed by atoms with van der Waals surface area (Å²) in [4.78, 5) is 11.9. The van der Waals surface area contributed by atoms with E-state index in [2.05, 4.69) is 10.6 Å². The van der Waals surface area contributed by atoms with E-state index in [9.17, 15) is 13.2 Å². The maximum absolute atomic E-state index is 12.0. The SMILES string of the molecule is Cl.O=C(NCCCS(=O)(=O)Cc1ccccc1)C1CCNCC1. The summed E-state index contributed by atoms with van der Waals surface area (Å²) in [6, 6.07) is 9.17. The molecule has 2 N–H and O–H groups in total. The summed E-state index contributed by atoms with van der Waals surface area (Å²) in [6.07, 6.45) is 2.18. The molecule has 0 bridgehead atoms. The number of hydrogen-bond acceptors (Lipinski definition) is 4. The summed E-state index contributed by atoms with van der Waals surface area (Å²) in [5, 5.41) is 6.08. The fourth-order valence-electron chi connectivity index (χ4n) is 2.63. The number of nitrogens with one attached hydrogen (secondary N) is 2.